The zero-order valence-electron chi connectivity index (χ0n) is 8.27. The summed E-state index contributed by atoms with van der Waals surface area (Å²) in [4.78, 5) is 0. The Balaban J connectivity index is 2.55. The highest BCUT2D eigenvalue weighted by Crippen LogP contribution is 2.32. The van der Waals surface area contributed by atoms with E-state index in [2.05, 4.69) is 5.16 Å². The van der Waals surface area contributed by atoms with Gasteiger partial charge in [0.15, 0.2) is 5.76 Å². The van der Waals surface area contributed by atoms with Gasteiger partial charge in [-0.3, -0.25) is 0 Å². The van der Waals surface area contributed by atoms with Crippen LogP contribution in [-0.4, -0.2) is 5.16 Å². The second-order valence-electron chi connectivity index (χ2n) is 3.37. The van der Waals surface area contributed by atoms with Crippen LogP contribution in [0.2, 0.25) is 5.02 Å². The molecule has 2 rings (SSSR count). The van der Waals surface area contributed by atoms with Gasteiger partial charge in [0.1, 0.15) is 0 Å². The summed E-state index contributed by atoms with van der Waals surface area (Å²) in [5.74, 6) is 0.656. The first kappa shape index (κ1) is 10.2. The van der Waals surface area contributed by atoms with Crippen LogP contribution in [0.3, 0.4) is 0 Å². The fourth-order valence-corrected chi connectivity index (χ4v) is 1.70. The average molecular weight is 223 g/mol. The van der Waals surface area contributed by atoms with Crippen molar-refractivity contribution in [1.29, 1.82) is 0 Å². The van der Waals surface area contributed by atoms with Gasteiger partial charge in [0.25, 0.3) is 0 Å². The molecule has 0 aliphatic carbocycles. The first-order chi connectivity index (χ1) is 7.20. The molecule has 0 saturated carbocycles. The number of hydrogen-bond donors (Lipinski definition) is 1. The smallest absolute Gasteiger partial charge is 0.160 e. The van der Waals surface area contributed by atoms with Crippen molar-refractivity contribution in [3.05, 3.63) is 41.2 Å². The van der Waals surface area contributed by atoms with Crippen LogP contribution in [0.4, 0.5) is 0 Å². The van der Waals surface area contributed by atoms with Crippen LogP contribution in [0.5, 0.6) is 0 Å². The molecule has 2 aromatic rings. The summed E-state index contributed by atoms with van der Waals surface area (Å²) in [5.41, 5.74) is 7.52. The largest absolute Gasteiger partial charge is 0.359 e. The Bertz CT molecular complexity index is 465. The van der Waals surface area contributed by atoms with E-state index in [0.717, 1.165) is 11.1 Å². The van der Waals surface area contributed by atoms with Crippen molar-refractivity contribution < 1.29 is 4.52 Å². The molecule has 0 bridgehead atoms. The molecule has 1 aromatic carbocycles. The van der Waals surface area contributed by atoms with Crippen molar-refractivity contribution in [3.8, 4) is 11.1 Å². The van der Waals surface area contributed by atoms with Crippen LogP contribution < -0.4 is 5.73 Å². The fourth-order valence-electron chi connectivity index (χ4n) is 1.46. The number of nitrogens with zero attached hydrogens (tertiary/aromatic N) is 1. The summed E-state index contributed by atoms with van der Waals surface area (Å²) in [6, 6.07) is 7.35. The number of benzene rings is 1. The Labute approximate surface area is 92.8 Å². The van der Waals surface area contributed by atoms with Crippen LogP contribution in [-0.2, 0) is 0 Å². The highest BCUT2D eigenvalue weighted by molar-refractivity contribution is 6.33. The predicted molar refractivity (Wildman–Crippen MR) is 59.6 cm³/mol. The first-order valence-electron chi connectivity index (χ1n) is 4.65. The topological polar surface area (TPSA) is 52.0 Å². The standard InChI is InChI=1S/C11H11ClN2O/c1-7(13)11-9(6-14-15-11)8-4-2-3-5-10(8)12/h2-7H,13H2,1H3. The molecule has 0 aliphatic rings. The molecule has 0 saturated heterocycles. The van der Waals surface area contributed by atoms with Gasteiger partial charge in [-0.2, -0.15) is 0 Å². The first-order valence-corrected chi connectivity index (χ1v) is 5.03. The van der Waals surface area contributed by atoms with E-state index >= 15 is 0 Å². The SMILES string of the molecule is CC(N)c1oncc1-c1ccccc1Cl. The number of hydrogen-bond acceptors (Lipinski definition) is 3. The van der Waals surface area contributed by atoms with Crippen molar-refractivity contribution in [3.63, 3.8) is 0 Å². The molecule has 2 N–H and O–H groups in total. The van der Waals surface area contributed by atoms with Crippen molar-refractivity contribution in [1.82, 2.24) is 5.16 Å². The van der Waals surface area contributed by atoms with Gasteiger partial charge in [-0.1, -0.05) is 35.0 Å². The monoisotopic (exact) mass is 222 g/mol. The molecule has 4 heteroatoms. The van der Waals surface area contributed by atoms with Gasteiger partial charge in [0, 0.05) is 16.1 Å². The summed E-state index contributed by atoms with van der Waals surface area (Å²) in [7, 11) is 0. The van der Waals surface area contributed by atoms with Crippen molar-refractivity contribution in [2.45, 2.75) is 13.0 Å². The van der Waals surface area contributed by atoms with E-state index in [0.29, 0.717) is 10.8 Å². The second-order valence-corrected chi connectivity index (χ2v) is 3.78. The molecule has 1 aromatic heterocycles. The highest BCUT2D eigenvalue weighted by Gasteiger charge is 2.15. The molecule has 3 nitrogen and oxygen atoms in total. The maximum absolute atomic E-state index is 6.08. The number of aromatic nitrogens is 1. The lowest BCUT2D eigenvalue weighted by atomic mass is 10.0. The molecule has 15 heavy (non-hydrogen) atoms. The molecule has 1 unspecified atom stereocenters. The normalized spacial score (nSPS) is 12.7. The lowest BCUT2D eigenvalue weighted by Gasteiger charge is -2.05. The lowest BCUT2D eigenvalue weighted by Crippen LogP contribution is -2.04. The Morgan fingerprint density at radius 3 is 2.73 bits per heavy atom. The molecule has 0 spiro atoms. The van der Waals surface area contributed by atoms with E-state index in [-0.39, 0.29) is 6.04 Å². The van der Waals surface area contributed by atoms with E-state index in [4.69, 9.17) is 21.9 Å². The van der Waals surface area contributed by atoms with Gasteiger partial charge in [-0.05, 0) is 13.0 Å². The number of rotatable bonds is 2. The van der Waals surface area contributed by atoms with Crippen molar-refractivity contribution in [2.75, 3.05) is 0 Å². The van der Waals surface area contributed by atoms with Crippen LogP contribution in [0.15, 0.2) is 35.0 Å². The third-order valence-corrected chi connectivity index (χ3v) is 2.51. The van der Waals surface area contributed by atoms with Crippen LogP contribution in [0.25, 0.3) is 11.1 Å². The summed E-state index contributed by atoms with van der Waals surface area (Å²) < 4.78 is 5.10. The van der Waals surface area contributed by atoms with Crippen LogP contribution >= 0.6 is 11.6 Å². The Hall–Kier alpha value is -1.32. The maximum atomic E-state index is 6.08. The minimum atomic E-state index is -0.196. The molecule has 0 aliphatic heterocycles. The van der Waals surface area contributed by atoms with E-state index in [1.54, 1.807) is 6.20 Å². The van der Waals surface area contributed by atoms with E-state index in [1.807, 2.05) is 31.2 Å². The Kier molecular flexibility index (Phi) is 2.75. The molecule has 0 radical (unpaired) electrons. The lowest BCUT2D eigenvalue weighted by molar-refractivity contribution is 0.368. The van der Waals surface area contributed by atoms with Crippen molar-refractivity contribution >= 4 is 11.6 Å². The zero-order chi connectivity index (χ0) is 10.8. The van der Waals surface area contributed by atoms with Gasteiger partial charge in [-0.25, -0.2) is 0 Å². The van der Waals surface area contributed by atoms with E-state index in [9.17, 15) is 0 Å². The van der Waals surface area contributed by atoms with Crippen LogP contribution in [0.1, 0.15) is 18.7 Å². The minimum Gasteiger partial charge on any atom is -0.359 e. The average Bonchev–Trinajstić information content (AvgIpc) is 2.67. The van der Waals surface area contributed by atoms with E-state index in [1.165, 1.54) is 0 Å². The van der Waals surface area contributed by atoms with Gasteiger partial charge in [-0.15, -0.1) is 0 Å². The predicted octanol–water partition coefficient (Wildman–Crippen LogP) is 3.01. The second kappa shape index (κ2) is 4.04. The van der Waals surface area contributed by atoms with Crippen LogP contribution in [0, 0.1) is 0 Å². The Morgan fingerprint density at radius 1 is 1.33 bits per heavy atom. The quantitative estimate of drug-likeness (QED) is 0.850. The summed E-state index contributed by atoms with van der Waals surface area (Å²) in [6.07, 6.45) is 1.64. The number of halogens is 1. The van der Waals surface area contributed by atoms with Gasteiger partial charge < -0.3 is 10.3 Å². The molecule has 1 atom stereocenters. The third-order valence-electron chi connectivity index (χ3n) is 2.18. The molecule has 0 amide bonds. The van der Waals surface area contributed by atoms with Crippen molar-refractivity contribution in [2.24, 2.45) is 5.73 Å². The molecule has 1 heterocycles. The molecule has 0 fully saturated rings. The fraction of sp³-hybridized carbons (Fsp3) is 0.182. The highest BCUT2D eigenvalue weighted by atomic mass is 35.5. The Morgan fingerprint density at radius 2 is 2.07 bits per heavy atom. The molecular weight excluding hydrogens is 212 g/mol. The maximum Gasteiger partial charge on any atom is 0.160 e. The van der Waals surface area contributed by atoms with Gasteiger partial charge >= 0.3 is 0 Å². The third kappa shape index (κ3) is 1.89. The van der Waals surface area contributed by atoms with Gasteiger partial charge in [0.2, 0.25) is 0 Å². The summed E-state index contributed by atoms with van der Waals surface area (Å²) >= 11 is 6.08. The minimum absolute atomic E-state index is 0.196. The molecule has 78 valence electrons. The summed E-state index contributed by atoms with van der Waals surface area (Å²) in [5, 5.41) is 4.42. The van der Waals surface area contributed by atoms with E-state index < -0.39 is 0 Å². The zero-order valence-corrected chi connectivity index (χ0v) is 9.03. The number of nitrogens with two attached hydrogens (primary N) is 1. The molecular formula is C11H11ClN2O. The van der Waals surface area contributed by atoms with Gasteiger partial charge in [0.05, 0.1) is 12.2 Å². The summed E-state index contributed by atoms with van der Waals surface area (Å²) in [6.45, 7) is 1.85.